The van der Waals surface area contributed by atoms with Gasteiger partial charge in [-0.15, -0.1) is 0 Å². The van der Waals surface area contributed by atoms with Crippen molar-refractivity contribution in [2.24, 2.45) is 5.73 Å². The van der Waals surface area contributed by atoms with E-state index in [4.69, 9.17) is 5.73 Å². The lowest BCUT2D eigenvalue weighted by atomic mass is 10.2. The molecule has 0 atom stereocenters. The van der Waals surface area contributed by atoms with Gasteiger partial charge in [-0.3, -0.25) is 9.59 Å². The van der Waals surface area contributed by atoms with Crippen LogP contribution in [-0.4, -0.2) is 35.0 Å². The first-order valence-electron chi connectivity index (χ1n) is 7.30. The minimum absolute atomic E-state index is 0.0490. The molecule has 1 heterocycles. The second-order valence-corrected chi connectivity index (χ2v) is 4.78. The van der Waals surface area contributed by atoms with Crippen LogP contribution in [0.25, 0.3) is 0 Å². The molecule has 1 aromatic carbocycles. The highest BCUT2D eigenvalue weighted by Crippen LogP contribution is 2.14. The second kappa shape index (κ2) is 7.39. The highest BCUT2D eigenvalue weighted by molar-refractivity contribution is 5.94. The number of aromatic nitrogens is 2. The summed E-state index contributed by atoms with van der Waals surface area (Å²) < 4.78 is 4.64. The van der Waals surface area contributed by atoms with Gasteiger partial charge in [-0.25, -0.2) is 0 Å². The van der Waals surface area contributed by atoms with Gasteiger partial charge >= 0.3 is 11.8 Å². The Hall–Kier alpha value is -2.90. The molecular formula is C15H19N5O3. The van der Waals surface area contributed by atoms with Gasteiger partial charge in [-0.1, -0.05) is 5.16 Å². The van der Waals surface area contributed by atoms with Crippen LogP contribution in [0.2, 0.25) is 0 Å². The monoisotopic (exact) mass is 317 g/mol. The molecule has 23 heavy (non-hydrogen) atoms. The zero-order valence-corrected chi connectivity index (χ0v) is 13.1. The fraction of sp³-hybridized carbons (Fsp3) is 0.333. The van der Waals surface area contributed by atoms with Crippen LogP contribution in [0.3, 0.4) is 0 Å². The smallest absolute Gasteiger partial charge is 0.315 e. The Balaban J connectivity index is 1.96. The fourth-order valence-corrected chi connectivity index (χ4v) is 2.10. The van der Waals surface area contributed by atoms with Crippen molar-refractivity contribution in [3.63, 3.8) is 0 Å². The van der Waals surface area contributed by atoms with Crippen molar-refractivity contribution < 1.29 is 14.1 Å². The SMILES string of the molecule is CCN(CC)c1ccc(C(=O)NCc2noc(C(N)=O)n2)cc1. The molecule has 0 bridgehead atoms. The molecule has 0 saturated carbocycles. The average molecular weight is 317 g/mol. The minimum atomic E-state index is -0.804. The maximum Gasteiger partial charge on any atom is 0.315 e. The maximum atomic E-state index is 12.1. The third-order valence-electron chi connectivity index (χ3n) is 3.34. The van der Waals surface area contributed by atoms with E-state index in [1.807, 2.05) is 12.1 Å². The molecule has 0 aliphatic carbocycles. The summed E-state index contributed by atoms with van der Waals surface area (Å²) in [5.74, 6) is -1.16. The van der Waals surface area contributed by atoms with E-state index in [1.54, 1.807) is 12.1 Å². The van der Waals surface area contributed by atoms with Crippen LogP contribution in [0.1, 0.15) is 40.7 Å². The summed E-state index contributed by atoms with van der Waals surface area (Å²) in [5.41, 5.74) is 6.60. The lowest BCUT2D eigenvalue weighted by molar-refractivity contribution is 0.0944. The summed E-state index contributed by atoms with van der Waals surface area (Å²) in [5, 5.41) is 6.21. The summed E-state index contributed by atoms with van der Waals surface area (Å²) in [4.78, 5) is 28.9. The highest BCUT2D eigenvalue weighted by Gasteiger charge is 2.13. The number of nitrogens with two attached hydrogens (primary N) is 1. The summed E-state index contributed by atoms with van der Waals surface area (Å²) in [6.45, 7) is 6.02. The number of hydrogen-bond donors (Lipinski definition) is 2. The van der Waals surface area contributed by atoms with Crippen molar-refractivity contribution in [2.45, 2.75) is 20.4 Å². The van der Waals surface area contributed by atoms with E-state index in [1.165, 1.54) is 0 Å². The molecule has 2 rings (SSSR count). The van der Waals surface area contributed by atoms with Crippen molar-refractivity contribution in [1.29, 1.82) is 0 Å². The Labute approximate surface area is 133 Å². The molecule has 8 nitrogen and oxygen atoms in total. The van der Waals surface area contributed by atoms with E-state index in [-0.39, 0.29) is 24.2 Å². The number of benzene rings is 1. The molecule has 122 valence electrons. The first-order valence-corrected chi connectivity index (χ1v) is 7.30. The van der Waals surface area contributed by atoms with Gasteiger partial charge in [0.2, 0.25) is 0 Å². The van der Waals surface area contributed by atoms with E-state index in [2.05, 4.69) is 38.7 Å². The van der Waals surface area contributed by atoms with Gasteiger partial charge in [0.15, 0.2) is 5.82 Å². The van der Waals surface area contributed by atoms with Crippen molar-refractivity contribution >= 4 is 17.5 Å². The summed E-state index contributed by atoms with van der Waals surface area (Å²) in [6.07, 6.45) is 0. The molecule has 0 spiro atoms. The van der Waals surface area contributed by atoms with Crippen LogP contribution in [0, 0.1) is 0 Å². The molecule has 0 radical (unpaired) electrons. The molecule has 3 N–H and O–H groups in total. The van der Waals surface area contributed by atoms with Gasteiger partial charge in [0.1, 0.15) is 0 Å². The van der Waals surface area contributed by atoms with Gasteiger partial charge in [-0.2, -0.15) is 4.98 Å². The Morgan fingerprint density at radius 1 is 1.22 bits per heavy atom. The topological polar surface area (TPSA) is 114 Å². The number of nitrogens with one attached hydrogen (secondary N) is 1. The highest BCUT2D eigenvalue weighted by atomic mass is 16.5. The molecule has 2 aromatic rings. The Morgan fingerprint density at radius 3 is 2.39 bits per heavy atom. The predicted molar refractivity (Wildman–Crippen MR) is 84.0 cm³/mol. The zero-order chi connectivity index (χ0) is 16.8. The molecule has 0 unspecified atom stereocenters. The number of carbonyl (C=O) groups is 2. The molecule has 0 aliphatic rings. The largest absolute Gasteiger partial charge is 0.372 e. The first-order chi connectivity index (χ1) is 11.0. The Kier molecular flexibility index (Phi) is 5.29. The number of hydrogen-bond acceptors (Lipinski definition) is 6. The van der Waals surface area contributed by atoms with E-state index in [0.29, 0.717) is 5.56 Å². The number of anilines is 1. The van der Waals surface area contributed by atoms with E-state index in [0.717, 1.165) is 18.8 Å². The number of amides is 2. The van der Waals surface area contributed by atoms with Gasteiger partial charge in [-0.05, 0) is 38.1 Å². The van der Waals surface area contributed by atoms with Gasteiger partial charge in [0.25, 0.3) is 5.91 Å². The minimum Gasteiger partial charge on any atom is -0.372 e. The lowest BCUT2D eigenvalue weighted by Gasteiger charge is -2.21. The van der Waals surface area contributed by atoms with Crippen LogP contribution in [0.15, 0.2) is 28.8 Å². The average Bonchev–Trinajstić information content (AvgIpc) is 3.04. The van der Waals surface area contributed by atoms with Crippen LogP contribution < -0.4 is 16.0 Å². The summed E-state index contributed by atoms with van der Waals surface area (Å²) >= 11 is 0. The number of primary amides is 1. The third kappa shape index (κ3) is 4.06. The van der Waals surface area contributed by atoms with Crippen molar-refractivity contribution in [1.82, 2.24) is 15.5 Å². The van der Waals surface area contributed by atoms with E-state index in [9.17, 15) is 9.59 Å². The number of rotatable bonds is 7. The molecule has 0 aliphatic heterocycles. The quantitative estimate of drug-likeness (QED) is 0.785. The molecule has 0 saturated heterocycles. The normalized spacial score (nSPS) is 10.3. The first kappa shape index (κ1) is 16.5. The number of carbonyl (C=O) groups excluding carboxylic acids is 2. The molecule has 1 aromatic heterocycles. The Morgan fingerprint density at radius 2 is 1.87 bits per heavy atom. The van der Waals surface area contributed by atoms with Gasteiger partial charge in [0.05, 0.1) is 6.54 Å². The van der Waals surface area contributed by atoms with E-state index < -0.39 is 5.91 Å². The lowest BCUT2D eigenvalue weighted by Crippen LogP contribution is -2.24. The van der Waals surface area contributed by atoms with Crippen molar-refractivity contribution in [3.05, 3.63) is 41.5 Å². The maximum absolute atomic E-state index is 12.1. The Bertz CT molecular complexity index is 677. The van der Waals surface area contributed by atoms with Crippen LogP contribution in [-0.2, 0) is 6.54 Å². The van der Waals surface area contributed by atoms with Crippen LogP contribution >= 0.6 is 0 Å². The molecular weight excluding hydrogens is 298 g/mol. The van der Waals surface area contributed by atoms with Gasteiger partial charge in [0, 0.05) is 24.3 Å². The zero-order valence-electron chi connectivity index (χ0n) is 13.1. The molecule has 8 heteroatoms. The van der Waals surface area contributed by atoms with Crippen LogP contribution in [0.4, 0.5) is 5.69 Å². The van der Waals surface area contributed by atoms with Crippen molar-refractivity contribution in [3.8, 4) is 0 Å². The van der Waals surface area contributed by atoms with Crippen molar-refractivity contribution in [2.75, 3.05) is 18.0 Å². The fourth-order valence-electron chi connectivity index (χ4n) is 2.10. The standard InChI is InChI=1S/C15H19N5O3/c1-3-20(4-2)11-7-5-10(6-8-11)14(22)17-9-12-18-15(13(16)21)23-19-12/h5-8H,3-4,9H2,1-2H3,(H2,16,21)(H,17,22). The predicted octanol–water partition coefficient (Wildman–Crippen LogP) is 0.945. The third-order valence-corrected chi connectivity index (χ3v) is 3.34. The molecule has 2 amide bonds. The van der Waals surface area contributed by atoms with Gasteiger partial charge < -0.3 is 20.5 Å². The summed E-state index contributed by atoms with van der Waals surface area (Å²) in [6, 6.07) is 7.32. The second-order valence-electron chi connectivity index (χ2n) is 4.78. The van der Waals surface area contributed by atoms with Crippen LogP contribution in [0.5, 0.6) is 0 Å². The van der Waals surface area contributed by atoms with E-state index >= 15 is 0 Å². The summed E-state index contributed by atoms with van der Waals surface area (Å²) in [7, 11) is 0. The number of nitrogens with zero attached hydrogens (tertiary/aromatic N) is 3. The molecule has 0 fully saturated rings.